The quantitative estimate of drug-likeness (QED) is 0.673. The zero-order valence-electron chi connectivity index (χ0n) is 13.4. The Morgan fingerprint density at radius 1 is 1.40 bits per heavy atom. The molecule has 0 radical (unpaired) electrons. The number of nitrogens with one attached hydrogen (secondary N) is 1. The van der Waals surface area contributed by atoms with Crippen LogP contribution in [0.15, 0.2) is 29.2 Å². The average molecular weight is 341 g/mol. The summed E-state index contributed by atoms with van der Waals surface area (Å²) in [5, 5.41) is 0. The standard InChI is InChI=1S/C16H15N5O4/c1-8-5-7-24-15-9(13(17)22)2-3-11(19-15)21-12-10(25-8)4-6-18-14(12)20-16(21)23/h2-4,6,8H,5,7H2,1H3,(H2,17,22)(H,18,20,23)/t8-/m1/s1. The summed E-state index contributed by atoms with van der Waals surface area (Å²) in [6.07, 6.45) is 1.94. The van der Waals surface area contributed by atoms with Crippen LogP contribution in [0.1, 0.15) is 23.7 Å². The SMILES string of the molecule is C[C@@H]1CCOc2nc(ccc2C(N)=O)-n2c(=O)[nH]c3nccc(c32)O1. The minimum absolute atomic E-state index is 0.0887. The second-order valence-electron chi connectivity index (χ2n) is 5.72. The summed E-state index contributed by atoms with van der Waals surface area (Å²) in [6.45, 7) is 2.18. The van der Waals surface area contributed by atoms with Gasteiger partial charge in [-0.3, -0.25) is 9.78 Å². The topological polar surface area (TPSA) is 125 Å². The first kappa shape index (κ1) is 15.2. The Bertz CT molecular complexity index is 1040. The molecule has 1 atom stereocenters. The maximum atomic E-state index is 12.5. The predicted octanol–water partition coefficient (Wildman–Crippen LogP) is 0.757. The molecule has 0 aromatic carbocycles. The van der Waals surface area contributed by atoms with Gasteiger partial charge in [0.2, 0.25) is 5.88 Å². The van der Waals surface area contributed by atoms with Gasteiger partial charge in [0.05, 0.1) is 12.7 Å². The molecular formula is C16H15N5O4. The van der Waals surface area contributed by atoms with Crippen LogP contribution in [0, 0.1) is 0 Å². The van der Waals surface area contributed by atoms with Crippen molar-refractivity contribution in [3.05, 3.63) is 40.4 Å². The van der Waals surface area contributed by atoms with Gasteiger partial charge < -0.3 is 15.2 Å². The van der Waals surface area contributed by atoms with Crippen LogP contribution in [-0.2, 0) is 0 Å². The van der Waals surface area contributed by atoms with Crippen LogP contribution in [0.25, 0.3) is 17.0 Å². The lowest BCUT2D eigenvalue weighted by Gasteiger charge is -2.15. The molecule has 0 saturated heterocycles. The Morgan fingerprint density at radius 3 is 3.04 bits per heavy atom. The van der Waals surface area contributed by atoms with Crippen LogP contribution in [0.4, 0.5) is 0 Å². The van der Waals surface area contributed by atoms with E-state index in [-0.39, 0.29) is 30.0 Å². The van der Waals surface area contributed by atoms with Crippen molar-refractivity contribution in [3.63, 3.8) is 0 Å². The van der Waals surface area contributed by atoms with Crippen LogP contribution in [-0.4, -0.2) is 38.1 Å². The number of hydrogen-bond acceptors (Lipinski definition) is 6. The maximum absolute atomic E-state index is 12.5. The van der Waals surface area contributed by atoms with Crippen molar-refractivity contribution >= 4 is 17.1 Å². The summed E-state index contributed by atoms with van der Waals surface area (Å²) in [7, 11) is 0. The lowest BCUT2D eigenvalue weighted by Crippen LogP contribution is -2.19. The molecule has 9 nitrogen and oxygen atoms in total. The van der Waals surface area contributed by atoms with Crippen molar-refractivity contribution in [2.24, 2.45) is 5.73 Å². The van der Waals surface area contributed by atoms with Gasteiger partial charge in [-0.15, -0.1) is 0 Å². The Kier molecular flexibility index (Phi) is 3.41. The number of carbonyl (C=O) groups excluding carboxylic acids is 1. The highest BCUT2D eigenvalue weighted by atomic mass is 16.5. The number of pyridine rings is 2. The zero-order valence-corrected chi connectivity index (χ0v) is 13.4. The Hall–Kier alpha value is -3.36. The molecule has 4 heterocycles. The number of ether oxygens (including phenoxy) is 2. The molecule has 2 bridgehead atoms. The molecule has 3 aromatic heterocycles. The van der Waals surface area contributed by atoms with E-state index in [1.54, 1.807) is 12.3 Å². The Balaban J connectivity index is 2.04. The van der Waals surface area contributed by atoms with E-state index in [2.05, 4.69) is 15.0 Å². The molecule has 0 aliphatic carbocycles. The van der Waals surface area contributed by atoms with Gasteiger partial charge in [0.1, 0.15) is 22.6 Å². The number of aromatic nitrogens is 4. The molecule has 3 aromatic rings. The summed E-state index contributed by atoms with van der Waals surface area (Å²) in [5.74, 6) is 0.233. The fourth-order valence-electron chi connectivity index (χ4n) is 2.77. The number of hydrogen-bond donors (Lipinski definition) is 2. The highest BCUT2D eigenvalue weighted by molar-refractivity contribution is 5.95. The second kappa shape index (κ2) is 5.62. The molecule has 0 unspecified atom stereocenters. The first-order valence-corrected chi connectivity index (χ1v) is 7.75. The number of carbonyl (C=O) groups is 1. The summed E-state index contributed by atoms with van der Waals surface area (Å²) in [4.78, 5) is 35.2. The summed E-state index contributed by atoms with van der Waals surface area (Å²) in [5.41, 5.74) is 5.98. The predicted molar refractivity (Wildman–Crippen MR) is 88.2 cm³/mol. The molecule has 1 aliphatic rings. The molecule has 0 saturated carbocycles. The van der Waals surface area contributed by atoms with Gasteiger partial charge in [0, 0.05) is 18.7 Å². The Labute approximate surface area is 141 Å². The van der Waals surface area contributed by atoms with E-state index in [0.29, 0.717) is 23.3 Å². The van der Waals surface area contributed by atoms with E-state index in [9.17, 15) is 9.59 Å². The molecule has 128 valence electrons. The van der Waals surface area contributed by atoms with Crippen molar-refractivity contribution in [3.8, 4) is 17.4 Å². The normalized spacial score (nSPS) is 16.6. The lowest BCUT2D eigenvalue weighted by atomic mass is 10.2. The van der Waals surface area contributed by atoms with E-state index in [1.165, 1.54) is 16.7 Å². The largest absolute Gasteiger partial charge is 0.488 e. The average Bonchev–Trinajstić information content (AvgIpc) is 2.90. The number of imidazole rings is 1. The summed E-state index contributed by atoms with van der Waals surface area (Å²) < 4.78 is 12.9. The molecule has 0 spiro atoms. The van der Waals surface area contributed by atoms with E-state index in [1.807, 2.05) is 6.92 Å². The smallest absolute Gasteiger partial charge is 0.333 e. The number of nitrogens with two attached hydrogens (primary N) is 1. The number of nitrogens with zero attached hydrogens (tertiary/aromatic N) is 3. The molecular weight excluding hydrogens is 326 g/mol. The number of fused-ring (bicyclic) bond motifs is 3. The van der Waals surface area contributed by atoms with E-state index in [4.69, 9.17) is 15.2 Å². The van der Waals surface area contributed by atoms with Gasteiger partial charge in [-0.1, -0.05) is 0 Å². The minimum atomic E-state index is -0.651. The molecule has 4 rings (SSSR count). The maximum Gasteiger partial charge on any atom is 0.333 e. The van der Waals surface area contributed by atoms with Gasteiger partial charge in [-0.2, -0.15) is 4.98 Å². The van der Waals surface area contributed by atoms with Gasteiger partial charge in [0.25, 0.3) is 5.91 Å². The van der Waals surface area contributed by atoms with Gasteiger partial charge in [0.15, 0.2) is 5.65 Å². The first-order chi connectivity index (χ1) is 12.0. The number of amides is 1. The first-order valence-electron chi connectivity index (χ1n) is 7.75. The van der Waals surface area contributed by atoms with Gasteiger partial charge in [-0.25, -0.2) is 14.3 Å². The molecule has 0 fully saturated rings. The highest BCUT2D eigenvalue weighted by Crippen LogP contribution is 2.27. The number of H-pyrrole nitrogens is 1. The fourth-order valence-corrected chi connectivity index (χ4v) is 2.77. The molecule has 3 N–H and O–H groups in total. The van der Waals surface area contributed by atoms with Crippen molar-refractivity contribution < 1.29 is 14.3 Å². The molecule has 1 aliphatic heterocycles. The number of aromatic amines is 1. The van der Waals surface area contributed by atoms with Gasteiger partial charge in [-0.05, 0) is 19.1 Å². The van der Waals surface area contributed by atoms with E-state index < -0.39 is 11.6 Å². The van der Waals surface area contributed by atoms with Crippen LogP contribution < -0.4 is 20.9 Å². The van der Waals surface area contributed by atoms with Crippen molar-refractivity contribution in [2.45, 2.75) is 19.4 Å². The fraction of sp³-hybridized carbons (Fsp3) is 0.250. The van der Waals surface area contributed by atoms with Crippen LogP contribution >= 0.6 is 0 Å². The third kappa shape index (κ3) is 2.49. The van der Waals surface area contributed by atoms with E-state index >= 15 is 0 Å². The van der Waals surface area contributed by atoms with Crippen molar-refractivity contribution in [2.75, 3.05) is 6.61 Å². The van der Waals surface area contributed by atoms with Gasteiger partial charge >= 0.3 is 5.69 Å². The highest BCUT2D eigenvalue weighted by Gasteiger charge is 2.21. The third-order valence-electron chi connectivity index (χ3n) is 3.97. The Morgan fingerprint density at radius 2 is 2.24 bits per heavy atom. The van der Waals surface area contributed by atoms with Crippen molar-refractivity contribution in [1.82, 2.24) is 19.5 Å². The number of rotatable bonds is 1. The minimum Gasteiger partial charge on any atom is -0.488 e. The van der Waals surface area contributed by atoms with E-state index in [0.717, 1.165) is 0 Å². The van der Waals surface area contributed by atoms with Crippen molar-refractivity contribution in [1.29, 1.82) is 0 Å². The molecule has 25 heavy (non-hydrogen) atoms. The lowest BCUT2D eigenvalue weighted by molar-refractivity contribution is 0.0994. The van der Waals surface area contributed by atoms with Crippen LogP contribution in [0.3, 0.4) is 0 Å². The zero-order chi connectivity index (χ0) is 17.6. The van der Waals surface area contributed by atoms with Crippen LogP contribution in [0.5, 0.6) is 11.6 Å². The number of primary amides is 1. The second-order valence-corrected chi connectivity index (χ2v) is 5.72. The molecule has 9 heteroatoms. The summed E-state index contributed by atoms with van der Waals surface area (Å²) >= 11 is 0. The monoisotopic (exact) mass is 341 g/mol. The molecule has 1 amide bonds. The third-order valence-corrected chi connectivity index (χ3v) is 3.97. The summed E-state index contributed by atoms with van der Waals surface area (Å²) in [6, 6.07) is 4.71. The van der Waals surface area contributed by atoms with Crippen LogP contribution in [0.2, 0.25) is 0 Å².